The molecule has 1 aromatic heterocycles. The van der Waals surface area contributed by atoms with Crippen LogP contribution in [-0.2, 0) is 0 Å². The molecule has 0 spiro atoms. The van der Waals surface area contributed by atoms with Crippen LogP contribution >= 0.6 is 11.6 Å². The number of halogens is 1. The molecule has 1 N–H and O–H groups in total. The number of pyridine rings is 1. The highest BCUT2D eigenvalue weighted by molar-refractivity contribution is 6.30. The Labute approximate surface area is 124 Å². The molecule has 0 saturated carbocycles. The van der Waals surface area contributed by atoms with Crippen molar-refractivity contribution in [3.8, 4) is 11.5 Å². The number of nitrogens with one attached hydrogen (secondary N) is 1. The first kappa shape index (κ1) is 14.8. The third-order valence-corrected chi connectivity index (χ3v) is 3.31. The van der Waals surface area contributed by atoms with Crippen molar-refractivity contribution >= 4 is 11.6 Å². The molecular formula is C16H19ClN2O. The number of ether oxygens (including phenoxy) is 1. The van der Waals surface area contributed by atoms with Crippen LogP contribution in [-0.4, -0.2) is 11.5 Å². The summed E-state index contributed by atoms with van der Waals surface area (Å²) in [5.41, 5.74) is 2.01. The van der Waals surface area contributed by atoms with Crippen molar-refractivity contribution < 1.29 is 4.74 Å². The van der Waals surface area contributed by atoms with Crippen LogP contribution < -0.4 is 10.1 Å². The third-order valence-electron chi connectivity index (χ3n) is 3.08. The number of hydrogen-bond acceptors (Lipinski definition) is 3. The molecule has 2 rings (SSSR count). The topological polar surface area (TPSA) is 34.1 Å². The summed E-state index contributed by atoms with van der Waals surface area (Å²) in [5, 5.41) is 4.04. The van der Waals surface area contributed by atoms with E-state index in [0.29, 0.717) is 5.02 Å². The molecule has 1 aromatic carbocycles. The summed E-state index contributed by atoms with van der Waals surface area (Å²) in [7, 11) is 0. The van der Waals surface area contributed by atoms with Crippen molar-refractivity contribution in [2.75, 3.05) is 6.54 Å². The Morgan fingerprint density at radius 3 is 2.70 bits per heavy atom. The maximum atomic E-state index is 5.93. The molecule has 0 fully saturated rings. The second-order valence-corrected chi connectivity index (χ2v) is 5.15. The van der Waals surface area contributed by atoms with Crippen LogP contribution in [0, 0.1) is 6.92 Å². The van der Waals surface area contributed by atoms with Gasteiger partial charge in [0.05, 0.1) is 11.9 Å². The van der Waals surface area contributed by atoms with Crippen LogP contribution in [0.25, 0.3) is 0 Å². The fourth-order valence-corrected chi connectivity index (χ4v) is 2.20. The lowest BCUT2D eigenvalue weighted by Gasteiger charge is -2.13. The van der Waals surface area contributed by atoms with Crippen molar-refractivity contribution in [1.82, 2.24) is 10.3 Å². The SMILES string of the molecule is CCNC(C)c1ccc(Oc2ccc(Cl)cc2C)cn1. The Morgan fingerprint density at radius 2 is 2.10 bits per heavy atom. The van der Waals surface area contributed by atoms with Crippen molar-refractivity contribution in [2.24, 2.45) is 0 Å². The molecule has 1 heterocycles. The summed E-state index contributed by atoms with van der Waals surface area (Å²) in [6.45, 7) is 7.06. The normalized spacial score (nSPS) is 12.2. The molecule has 0 saturated heterocycles. The number of rotatable bonds is 5. The first-order valence-corrected chi connectivity index (χ1v) is 7.11. The molecule has 0 aliphatic carbocycles. The molecule has 0 bridgehead atoms. The molecule has 3 nitrogen and oxygen atoms in total. The summed E-state index contributed by atoms with van der Waals surface area (Å²) >= 11 is 5.93. The van der Waals surface area contributed by atoms with Crippen LogP contribution in [0.3, 0.4) is 0 Å². The largest absolute Gasteiger partial charge is 0.455 e. The zero-order valence-electron chi connectivity index (χ0n) is 12.0. The van der Waals surface area contributed by atoms with Crippen LogP contribution in [0.15, 0.2) is 36.5 Å². The van der Waals surface area contributed by atoms with E-state index in [1.807, 2.05) is 37.3 Å². The van der Waals surface area contributed by atoms with Gasteiger partial charge in [-0.15, -0.1) is 0 Å². The molecule has 0 aliphatic heterocycles. The van der Waals surface area contributed by atoms with Gasteiger partial charge in [0.25, 0.3) is 0 Å². The Kier molecular flexibility index (Phi) is 4.99. The third kappa shape index (κ3) is 3.71. The summed E-state index contributed by atoms with van der Waals surface area (Å²) in [4.78, 5) is 4.43. The average Bonchev–Trinajstić information content (AvgIpc) is 2.43. The Hall–Kier alpha value is -1.58. The van der Waals surface area contributed by atoms with Gasteiger partial charge in [0.15, 0.2) is 0 Å². The first-order valence-electron chi connectivity index (χ1n) is 6.73. The minimum absolute atomic E-state index is 0.242. The van der Waals surface area contributed by atoms with E-state index in [4.69, 9.17) is 16.3 Å². The average molecular weight is 291 g/mol. The second kappa shape index (κ2) is 6.73. The summed E-state index contributed by atoms with van der Waals surface area (Å²) < 4.78 is 5.82. The van der Waals surface area contributed by atoms with Crippen LogP contribution in [0.1, 0.15) is 31.1 Å². The van der Waals surface area contributed by atoms with E-state index in [-0.39, 0.29) is 6.04 Å². The molecule has 2 aromatic rings. The van der Waals surface area contributed by atoms with Gasteiger partial charge >= 0.3 is 0 Å². The quantitative estimate of drug-likeness (QED) is 0.880. The zero-order chi connectivity index (χ0) is 14.5. The van der Waals surface area contributed by atoms with E-state index in [2.05, 4.69) is 24.1 Å². The Morgan fingerprint density at radius 1 is 1.30 bits per heavy atom. The Bertz CT molecular complexity index is 569. The molecule has 0 aliphatic rings. The number of aromatic nitrogens is 1. The Balaban J connectivity index is 2.10. The standard InChI is InChI=1S/C16H19ClN2O/c1-4-18-12(3)15-7-6-14(10-19-15)20-16-8-5-13(17)9-11(16)2/h5-10,12,18H,4H2,1-3H3. The fraction of sp³-hybridized carbons (Fsp3) is 0.312. The fourth-order valence-electron chi connectivity index (χ4n) is 1.97. The minimum Gasteiger partial charge on any atom is -0.455 e. The van der Waals surface area contributed by atoms with Gasteiger partial charge in [0.1, 0.15) is 11.5 Å². The molecule has 0 amide bonds. The van der Waals surface area contributed by atoms with E-state index < -0.39 is 0 Å². The van der Waals surface area contributed by atoms with E-state index in [1.165, 1.54) is 0 Å². The van der Waals surface area contributed by atoms with E-state index in [9.17, 15) is 0 Å². The molecule has 4 heteroatoms. The maximum Gasteiger partial charge on any atom is 0.145 e. The molecule has 1 unspecified atom stereocenters. The van der Waals surface area contributed by atoms with Crippen LogP contribution in [0.4, 0.5) is 0 Å². The molecule has 106 valence electrons. The first-order chi connectivity index (χ1) is 9.60. The van der Waals surface area contributed by atoms with Gasteiger partial charge in [-0.05, 0) is 56.3 Å². The van der Waals surface area contributed by atoms with Gasteiger partial charge in [-0.1, -0.05) is 18.5 Å². The number of nitrogens with zero attached hydrogens (tertiary/aromatic N) is 1. The predicted molar refractivity (Wildman–Crippen MR) is 82.6 cm³/mol. The van der Waals surface area contributed by atoms with E-state index in [0.717, 1.165) is 29.3 Å². The zero-order valence-corrected chi connectivity index (χ0v) is 12.7. The molecule has 1 atom stereocenters. The van der Waals surface area contributed by atoms with Gasteiger partial charge in [0, 0.05) is 11.1 Å². The van der Waals surface area contributed by atoms with Gasteiger partial charge in [-0.2, -0.15) is 0 Å². The summed E-state index contributed by atoms with van der Waals surface area (Å²) in [6, 6.07) is 9.72. The number of benzene rings is 1. The monoisotopic (exact) mass is 290 g/mol. The van der Waals surface area contributed by atoms with E-state index in [1.54, 1.807) is 6.20 Å². The number of aryl methyl sites for hydroxylation is 1. The van der Waals surface area contributed by atoms with Crippen molar-refractivity contribution in [3.63, 3.8) is 0 Å². The molecule has 20 heavy (non-hydrogen) atoms. The second-order valence-electron chi connectivity index (χ2n) is 4.71. The highest BCUT2D eigenvalue weighted by atomic mass is 35.5. The highest BCUT2D eigenvalue weighted by Crippen LogP contribution is 2.27. The lowest BCUT2D eigenvalue weighted by molar-refractivity contribution is 0.474. The van der Waals surface area contributed by atoms with Gasteiger partial charge < -0.3 is 10.1 Å². The smallest absolute Gasteiger partial charge is 0.145 e. The lowest BCUT2D eigenvalue weighted by Crippen LogP contribution is -2.18. The van der Waals surface area contributed by atoms with Gasteiger partial charge in [-0.25, -0.2) is 0 Å². The van der Waals surface area contributed by atoms with Crippen molar-refractivity contribution in [2.45, 2.75) is 26.8 Å². The molecular weight excluding hydrogens is 272 g/mol. The lowest BCUT2D eigenvalue weighted by atomic mass is 10.2. The summed E-state index contributed by atoms with van der Waals surface area (Å²) in [5.74, 6) is 1.52. The highest BCUT2D eigenvalue weighted by Gasteiger charge is 2.06. The van der Waals surface area contributed by atoms with Gasteiger partial charge in [0.2, 0.25) is 0 Å². The predicted octanol–water partition coefficient (Wildman–Crippen LogP) is 4.51. The minimum atomic E-state index is 0.242. The summed E-state index contributed by atoms with van der Waals surface area (Å²) in [6.07, 6.45) is 1.75. The van der Waals surface area contributed by atoms with Crippen molar-refractivity contribution in [1.29, 1.82) is 0 Å². The molecule has 0 radical (unpaired) electrons. The van der Waals surface area contributed by atoms with Crippen LogP contribution in [0.5, 0.6) is 11.5 Å². The van der Waals surface area contributed by atoms with Crippen LogP contribution in [0.2, 0.25) is 5.02 Å². The van der Waals surface area contributed by atoms with Crippen molar-refractivity contribution in [3.05, 3.63) is 52.8 Å². The van der Waals surface area contributed by atoms with Gasteiger partial charge in [-0.3, -0.25) is 4.98 Å². The maximum absolute atomic E-state index is 5.93. The van der Waals surface area contributed by atoms with E-state index >= 15 is 0 Å². The number of hydrogen-bond donors (Lipinski definition) is 1.